The highest BCUT2D eigenvalue weighted by atomic mass is 16.2. The molecule has 1 fully saturated rings. The maximum Gasteiger partial charge on any atom is 0.246 e. The summed E-state index contributed by atoms with van der Waals surface area (Å²) >= 11 is 0. The first-order valence-electron chi connectivity index (χ1n) is 5.39. The lowest BCUT2D eigenvalue weighted by molar-refractivity contribution is -0.155. The Balaban J connectivity index is 2.95. The van der Waals surface area contributed by atoms with Gasteiger partial charge in [-0.2, -0.15) is 0 Å². The first kappa shape index (κ1) is 12.0. The third-order valence-electron chi connectivity index (χ3n) is 2.76. The van der Waals surface area contributed by atoms with Crippen LogP contribution in [0.1, 0.15) is 34.6 Å². The van der Waals surface area contributed by atoms with Crippen LogP contribution in [0.2, 0.25) is 0 Å². The fraction of sp³-hybridized carbons (Fsp3) is 0.818. The minimum absolute atomic E-state index is 0.00769. The summed E-state index contributed by atoms with van der Waals surface area (Å²) in [4.78, 5) is 25.4. The van der Waals surface area contributed by atoms with Gasteiger partial charge in [0.25, 0.3) is 0 Å². The maximum atomic E-state index is 11.9. The lowest BCUT2D eigenvalue weighted by Gasteiger charge is -2.44. The summed E-state index contributed by atoms with van der Waals surface area (Å²) in [5, 5.41) is 2.69. The quantitative estimate of drug-likeness (QED) is 0.735. The van der Waals surface area contributed by atoms with Crippen molar-refractivity contribution in [2.75, 3.05) is 6.54 Å². The minimum Gasteiger partial charge on any atom is -0.343 e. The van der Waals surface area contributed by atoms with Crippen LogP contribution in [0, 0.1) is 5.92 Å². The zero-order valence-electron chi connectivity index (χ0n) is 10.1. The first-order chi connectivity index (χ1) is 6.76. The largest absolute Gasteiger partial charge is 0.343 e. The van der Waals surface area contributed by atoms with Crippen LogP contribution in [0.15, 0.2) is 0 Å². The molecule has 86 valence electrons. The van der Waals surface area contributed by atoms with Gasteiger partial charge in [-0.05, 0) is 26.7 Å². The molecule has 15 heavy (non-hydrogen) atoms. The third kappa shape index (κ3) is 2.13. The van der Waals surface area contributed by atoms with Crippen LogP contribution in [-0.4, -0.2) is 34.8 Å². The van der Waals surface area contributed by atoms with Crippen molar-refractivity contribution in [1.82, 2.24) is 10.2 Å². The van der Waals surface area contributed by atoms with E-state index >= 15 is 0 Å². The molecule has 4 nitrogen and oxygen atoms in total. The summed E-state index contributed by atoms with van der Waals surface area (Å²) in [6, 6.07) is -0.399. The number of nitrogens with one attached hydrogen (secondary N) is 1. The van der Waals surface area contributed by atoms with E-state index in [1.165, 1.54) is 0 Å². The van der Waals surface area contributed by atoms with E-state index in [1.54, 1.807) is 25.7 Å². The van der Waals surface area contributed by atoms with Crippen LogP contribution in [0.25, 0.3) is 0 Å². The summed E-state index contributed by atoms with van der Waals surface area (Å²) in [5.74, 6) is 0.301. The number of carbonyl (C=O) groups excluding carboxylic acids is 2. The molecule has 0 radical (unpaired) electrons. The van der Waals surface area contributed by atoms with Crippen molar-refractivity contribution >= 4 is 11.8 Å². The van der Waals surface area contributed by atoms with E-state index in [2.05, 4.69) is 5.32 Å². The molecule has 0 spiro atoms. The predicted octanol–water partition coefficient (Wildman–Crippen LogP) is 0.768. The standard InChI is InChI=1S/C11H20N2O2/c1-7(2)6-13-9(14)8(3)12-10(15)11(13,4)5/h7-8H,6H2,1-5H3,(H,12,15). The molecule has 0 aromatic rings. The molecular weight excluding hydrogens is 192 g/mol. The second-order valence-corrected chi connectivity index (χ2v) is 5.10. The fourth-order valence-corrected chi connectivity index (χ4v) is 1.75. The lowest BCUT2D eigenvalue weighted by Crippen LogP contribution is -2.68. The van der Waals surface area contributed by atoms with E-state index in [4.69, 9.17) is 0 Å². The van der Waals surface area contributed by atoms with Gasteiger partial charge >= 0.3 is 0 Å². The Morgan fingerprint density at radius 3 is 2.40 bits per heavy atom. The zero-order chi connectivity index (χ0) is 11.8. The molecule has 1 rings (SSSR count). The second-order valence-electron chi connectivity index (χ2n) is 5.10. The summed E-state index contributed by atoms with van der Waals surface area (Å²) < 4.78 is 0. The maximum absolute atomic E-state index is 11.9. The van der Waals surface area contributed by atoms with Crippen molar-refractivity contribution in [1.29, 1.82) is 0 Å². The van der Waals surface area contributed by atoms with E-state index in [9.17, 15) is 9.59 Å². The molecule has 0 aliphatic carbocycles. The third-order valence-corrected chi connectivity index (χ3v) is 2.76. The number of hydrogen-bond acceptors (Lipinski definition) is 2. The van der Waals surface area contributed by atoms with Crippen molar-refractivity contribution < 1.29 is 9.59 Å². The van der Waals surface area contributed by atoms with Gasteiger partial charge in [-0.25, -0.2) is 0 Å². The zero-order valence-corrected chi connectivity index (χ0v) is 10.1. The minimum atomic E-state index is -0.728. The Bertz CT molecular complexity index is 284. The van der Waals surface area contributed by atoms with Crippen LogP contribution in [-0.2, 0) is 9.59 Å². The molecule has 4 heteroatoms. The molecule has 0 aromatic heterocycles. The number of rotatable bonds is 2. The molecule has 1 N–H and O–H groups in total. The van der Waals surface area contributed by atoms with Gasteiger partial charge in [0.05, 0.1) is 0 Å². The number of amides is 2. The molecule has 1 unspecified atom stereocenters. The smallest absolute Gasteiger partial charge is 0.246 e. The first-order valence-corrected chi connectivity index (χ1v) is 5.39. The van der Waals surface area contributed by atoms with Crippen LogP contribution in [0.3, 0.4) is 0 Å². The van der Waals surface area contributed by atoms with Gasteiger partial charge in [0, 0.05) is 6.54 Å². The van der Waals surface area contributed by atoms with E-state index < -0.39 is 11.6 Å². The highest BCUT2D eigenvalue weighted by Crippen LogP contribution is 2.22. The van der Waals surface area contributed by atoms with Crippen LogP contribution in [0.5, 0.6) is 0 Å². The number of hydrogen-bond donors (Lipinski definition) is 1. The lowest BCUT2D eigenvalue weighted by atomic mass is 9.95. The Hall–Kier alpha value is -1.06. The SMILES string of the molecule is CC(C)CN1C(=O)C(C)NC(=O)C1(C)C. The highest BCUT2D eigenvalue weighted by Gasteiger charge is 2.44. The molecule has 1 aliphatic heterocycles. The van der Waals surface area contributed by atoms with Crippen molar-refractivity contribution in [3.05, 3.63) is 0 Å². The molecule has 1 heterocycles. The molecular formula is C11H20N2O2. The van der Waals surface area contributed by atoms with Crippen LogP contribution >= 0.6 is 0 Å². The van der Waals surface area contributed by atoms with Crippen molar-refractivity contribution in [2.24, 2.45) is 5.92 Å². The number of carbonyl (C=O) groups is 2. The topological polar surface area (TPSA) is 49.4 Å². The van der Waals surface area contributed by atoms with Gasteiger partial charge in [-0.3, -0.25) is 9.59 Å². The van der Waals surface area contributed by atoms with Gasteiger partial charge < -0.3 is 10.2 Å². The number of piperazine rings is 1. The monoisotopic (exact) mass is 212 g/mol. The summed E-state index contributed by atoms with van der Waals surface area (Å²) in [6.07, 6.45) is 0. The van der Waals surface area contributed by atoms with E-state index in [-0.39, 0.29) is 11.8 Å². The Morgan fingerprint density at radius 1 is 1.40 bits per heavy atom. The molecule has 2 amide bonds. The summed E-state index contributed by atoms with van der Waals surface area (Å²) in [5.41, 5.74) is -0.728. The van der Waals surface area contributed by atoms with Crippen molar-refractivity contribution in [2.45, 2.75) is 46.2 Å². The Morgan fingerprint density at radius 2 is 1.93 bits per heavy atom. The summed E-state index contributed by atoms with van der Waals surface area (Å²) in [6.45, 7) is 10.0. The predicted molar refractivity (Wildman–Crippen MR) is 58.2 cm³/mol. The highest BCUT2D eigenvalue weighted by molar-refractivity contribution is 5.99. The van der Waals surface area contributed by atoms with Crippen molar-refractivity contribution in [3.8, 4) is 0 Å². The van der Waals surface area contributed by atoms with Gasteiger partial charge in [0.1, 0.15) is 11.6 Å². The average Bonchev–Trinajstić information content (AvgIpc) is 2.10. The van der Waals surface area contributed by atoms with E-state index in [1.807, 2.05) is 13.8 Å². The van der Waals surface area contributed by atoms with Gasteiger partial charge in [-0.1, -0.05) is 13.8 Å². The van der Waals surface area contributed by atoms with Crippen LogP contribution < -0.4 is 5.32 Å². The van der Waals surface area contributed by atoms with Gasteiger partial charge in [0.15, 0.2) is 0 Å². The van der Waals surface area contributed by atoms with Crippen molar-refractivity contribution in [3.63, 3.8) is 0 Å². The average molecular weight is 212 g/mol. The normalized spacial score (nSPS) is 25.7. The molecule has 1 saturated heterocycles. The second kappa shape index (κ2) is 3.83. The number of nitrogens with zero attached hydrogens (tertiary/aromatic N) is 1. The Kier molecular flexibility index (Phi) is 3.07. The molecule has 0 bridgehead atoms. The molecule has 0 saturated carbocycles. The van der Waals surface area contributed by atoms with Gasteiger partial charge in [-0.15, -0.1) is 0 Å². The van der Waals surface area contributed by atoms with E-state index in [0.717, 1.165) is 0 Å². The molecule has 1 atom stereocenters. The van der Waals surface area contributed by atoms with Gasteiger partial charge in [0.2, 0.25) is 11.8 Å². The molecule has 1 aliphatic rings. The molecule has 0 aromatic carbocycles. The summed E-state index contributed by atoms with van der Waals surface area (Å²) in [7, 11) is 0. The Labute approximate surface area is 91.0 Å². The fourth-order valence-electron chi connectivity index (χ4n) is 1.75. The van der Waals surface area contributed by atoms with Crippen LogP contribution in [0.4, 0.5) is 0 Å². The van der Waals surface area contributed by atoms with E-state index in [0.29, 0.717) is 12.5 Å².